The second-order valence-electron chi connectivity index (χ2n) is 12.2. The Bertz CT molecular complexity index is 1750. The average Bonchev–Trinajstić information content (AvgIpc) is 3.09. The van der Waals surface area contributed by atoms with E-state index in [9.17, 15) is 18.0 Å². The molecule has 10 heteroatoms. The zero-order chi connectivity index (χ0) is 33.9. The van der Waals surface area contributed by atoms with Crippen molar-refractivity contribution in [2.24, 2.45) is 0 Å². The van der Waals surface area contributed by atoms with Gasteiger partial charge >= 0.3 is 0 Å². The minimum Gasteiger partial charge on any atom is -0.489 e. The van der Waals surface area contributed by atoms with Gasteiger partial charge in [-0.05, 0) is 59.9 Å². The minimum atomic E-state index is -3.90. The second-order valence-corrected chi connectivity index (χ2v) is 14.5. The number of carbonyl (C=O) groups is 2. The second kappa shape index (κ2) is 16.7. The summed E-state index contributed by atoms with van der Waals surface area (Å²) in [6, 6.07) is 32.1. The van der Waals surface area contributed by atoms with Crippen LogP contribution < -0.4 is 14.4 Å². The van der Waals surface area contributed by atoms with Crippen LogP contribution in [-0.4, -0.2) is 50.0 Å². The first-order valence-corrected chi connectivity index (χ1v) is 18.5. The van der Waals surface area contributed by atoms with Crippen LogP contribution in [0.15, 0.2) is 109 Å². The van der Waals surface area contributed by atoms with Gasteiger partial charge in [-0.3, -0.25) is 13.9 Å². The normalized spacial score (nSPS) is 14.1. The molecule has 0 aliphatic heterocycles. The Morgan fingerprint density at radius 2 is 1.44 bits per heavy atom. The van der Waals surface area contributed by atoms with Crippen molar-refractivity contribution >= 4 is 39.1 Å². The molecular weight excluding hydrogens is 646 g/mol. The molecule has 1 aliphatic carbocycles. The standard InChI is InChI=1S/C38H42ClN3O5S/c1-48(45,46)42(33-21-23-34(24-22-33)47-28-30-15-7-3-8-16-30)27-37(43)41(26-31-17-11-12-20-35(31)39)36(25-29-13-5-2-6-14-29)38(44)40-32-18-9-4-10-19-32/h2-3,5-8,11-17,20-24,32,36H,4,9-10,18-19,25-28H2,1H3,(H,40,44)/t36-/m1/s1. The van der Waals surface area contributed by atoms with E-state index in [0.29, 0.717) is 28.6 Å². The predicted molar refractivity (Wildman–Crippen MR) is 190 cm³/mol. The number of ether oxygens (including phenoxy) is 1. The molecule has 1 fully saturated rings. The summed E-state index contributed by atoms with van der Waals surface area (Å²) in [5.74, 6) is -0.230. The summed E-state index contributed by atoms with van der Waals surface area (Å²) in [7, 11) is -3.90. The quantitative estimate of drug-likeness (QED) is 0.158. The van der Waals surface area contributed by atoms with Gasteiger partial charge in [-0.2, -0.15) is 0 Å². The van der Waals surface area contributed by atoms with Gasteiger partial charge in [0.1, 0.15) is 24.9 Å². The maximum Gasteiger partial charge on any atom is 0.244 e. The molecule has 0 aromatic heterocycles. The number of hydrogen-bond donors (Lipinski definition) is 1. The van der Waals surface area contributed by atoms with Gasteiger partial charge in [0, 0.05) is 24.0 Å². The topological polar surface area (TPSA) is 96.0 Å². The van der Waals surface area contributed by atoms with E-state index in [4.69, 9.17) is 16.3 Å². The molecule has 1 N–H and O–H groups in total. The van der Waals surface area contributed by atoms with Gasteiger partial charge in [-0.15, -0.1) is 0 Å². The van der Waals surface area contributed by atoms with Crippen molar-refractivity contribution in [3.05, 3.63) is 131 Å². The first kappa shape index (κ1) is 35.0. The van der Waals surface area contributed by atoms with E-state index in [0.717, 1.165) is 53.8 Å². The number of carbonyl (C=O) groups excluding carboxylic acids is 2. The third-order valence-electron chi connectivity index (χ3n) is 8.57. The Morgan fingerprint density at radius 3 is 2.06 bits per heavy atom. The Hall–Kier alpha value is -4.34. The Balaban J connectivity index is 1.44. The Labute approximate surface area is 288 Å². The molecule has 0 radical (unpaired) electrons. The summed E-state index contributed by atoms with van der Waals surface area (Å²) < 4.78 is 33.3. The highest BCUT2D eigenvalue weighted by atomic mass is 35.5. The van der Waals surface area contributed by atoms with E-state index >= 15 is 0 Å². The lowest BCUT2D eigenvalue weighted by Crippen LogP contribution is -2.55. The summed E-state index contributed by atoms with van der Waals surface area (Å²) in [6.07, 6.45) is 6.30. The van der Waals surface area contributed by atoms with Gasteiger partial charge in [-0.1, -0.05) is 110 Å². The monoisotopic (exact) mass is 687 g/mol. The number of nitrogens with zero attached hydrogens (tertiary/aromatic N) is 2. The highest BCUT2D eigenvalue weighted by molar-refractivity contribution is 7.92. The fourth-order valence-electron chi connectivity index (χ4n) is 5.97. The van der Waals surface area contributed by atoms with Crippen LogP contribution in [0.4, 0.5) is 5.69 Å². The van der Waals surface area contributed by atoms with Crippen LogP contribution in [0, 0.1) is 0 Å². The van der Waals surface area contributed by atoms with Gasteiger partial charge in [0.2, 0.25) is 21.8 Å². The van der Waals surface area contributed by atoms with Crippen molar-refractivity contribution in [3.63, 3.8) is 0 Å². The number of nitrogens with one attached hydrogen (secondary N) is 1. The maximum atomic E-state index is 14.4. The molecule has 1 saturated carbocycles. The number of halogens is 1. The van der Waals surface area contributed by atoms with Crippen molar-refractivity contribution in [3.8, 4) is 5.75 Å². The van der Waals surface area contributed by atoms with Gasteiger partial charge in [0.15, 0.2) is 0 Å². The fourth-order valence-corrected chi connectivity index (χ4v) is 7.02. The average molecular weight is 688 g/mol. The molecule has 4 aromatic rings. The Kier molecular flexibility index (Phi) is 12.1. The summed E-state index contributed by atoms with van der Waals surface area (Å²) in [5.41, 5.74) is 2.84. The van der Waals surface area contributed by atoms with Crippen molar-refractivity contribution in [1.29, 1.82) is 0 Å². The first-order valence-electron chi connectivity index (χ1n) is 16.3. The molecule has 1 atom stereocenters. The number of anilines is 1. The lowest BCUT2D eigenvalue weighted by molar-refractivity contribution is -0.140. The molecule has 0 bridgehead atoms. The number of rotatable bonds is 14. The molecule has 48 heavy (non-hydrogen) atoms. The van der Waals surface area contributed by atoms with Gasteiger partial charge in [0.05, 0.1) is 11.9 Å². The van der Waals surface area contributed by atoms with E-state index in [1.807, 2.05) is 72.8 Å². The molecule has 0 heterocycles. The molecule has 0 saturated heterocycles. The van der Waals surface area contributed by atoms with Gasteiger partial charge in [-0.25, -0.2) is 8.42 Å². The zero-order valence-electron chi connectivity index (χ0n) is 27.1. The van der Waals surface area contributed by atoms with E-state index in [2.05, 4.69) is 5.32 Å². The summed E-state index contributed by atoms with van der Waals surface area (Å²) in [4.78, 5) is 30.0. The highest BCUT2D eigenvalue weighted by Crippen LogP contribution is 2.26. The number of benzene rings is 4. The van der Waals surface area contributed by atoms with Crippen molar-refractivity contribution in [2.45, 2.75) is 63.8 Å². The highest BCUT2D eigenvalue weighted by Gasteiger charge is 2.34. The van der Waals surface area contributed by atoms with Crippen molar-refractivity contribution in [1.82, 2.24) is 10.2 Å². The van der Waals surface area contributed by atoms with Crippen LogP contribution in [0.25, 0.3) is 0 Å². The smallest absolute Gasteiger partial charge is 0.244 e. The number of sulfonamides is 1. The lowest BCUT2D eigenvalue weighted by atomic mass is 9.94. The first-order chi connectivity index (χ1) is 23.2. The minimum absolute atomic E-state index is 0.0249. The van der Waals surface area contributed by atoms with Crippen LogP contribution in [0.3, 0.4) is 0 Å². The predicted octanol–water partition coefficient (Wildman–Crippen LogP) is 6.77. The molecule has 1 aliphatic rings. The fraction of sp³-hybridized carbons (Fsp3) is 0.316. The molecule has 8 nitrogen and oxygen atoms in total. The maximum absolute atomic E-state index is 14.4. The summed E-state index contributed by atoms with van der Waals surface area (Å²) >= 11 is 6.57. The molecule has 4 aromatic carbocycles. The van der Waals surface area contributed by atoms with E-state index in [-0.39, 0.29) is 24.9 Å². The molecule has 252 valence electrons. The lowest BCUT2D eigenvalue weighted by Gasteiger charge is -2.35. The molecule has 2 amide bonds. The SMILES string of the molecule is CS(=O)(=O)N(CC(=O)N(Cc1ccccc1Cl)[C@H](Cc1ccccc1)C(=O)NC1CCCCC1)c1ccc(OCc2ccccc2)cc1. The molecular formula is C38H42ClN3O5S. The van der Waals surface area contributed by atoms with E-state index in [1.54, 1.807) is 36.4 Å². The third-order valence-corrected chi connectivity index (χ3v) is 10.1. The van der Waals surface area contributed by atoms with Crippen LogP contribution in [0.2, 0.25) is 5.02 Å². The Morgan fingerprint density at radius 1 is 0.833 bits per heavy atom. The summed E-state index contributed by atoms with van der Waals surface area (Å²) in [6.45, 7) is -0.120. The largest absolute Gasteiger partial charge is 0.489 e. The van der Waals surface area contributed by atoms with Crippen molar-refractivity contribution < 1.29 is 22.7 Å². The van der Waals surface area contributed by atoms with E-state index < -0.39 is 28.5 Å². The van der Waals surface area contributed by atoms with Crippen LogP contribution >= 0.6 is 11.6 Å². The molecule has 5 rings (SSSR count). The van der Waals surface area contributed by atoms with Gasteiger partial charge in [0.25, 0.3) is 0 Å². The summed E-state index contributed by atoms with van der Waals surface area (Å²) in [5, 5.41) is 3.66. The molecule has 0 unspecified atom stereocenters. The van der Waals surface area contributed by atoms with Crippen LogP contribution in [0.5, 0.6) is 5.75 Å². The van der Waals surface area contributed by atoms with Crippen LogP contribution in [-0.2, 0) is 39.2 Å². The molecule has 0 spiro atoms. The third kappa shape index (κ3) is 9.84. The van der Waals surface area contributed by atoms with Gasteiger partial charge < -0.3 is 15.0 Å². The number of hydrogen-bond acceptors (Lipinski definition) is 5. The zero-order valence-corrected chi connectivity index (χ0v) is 28.7. The number of amides is 2. The van der Waals surface area contributed by atoms with E-state index in [1.165, 1.54) is 4.90 Å². The van der Waals surface area contributed by atoms with Crippen LogP contribution in [0.1, 0.15) is 48.8 Å². The van der Waals surface area contributed by atoms with Crippen molar-refractivity contribution in [2.75, 3.05) is 17.1 Å².